The number of amides is 2. The average Bonchev–Trinajstić information content (AvgIpc) is 4.04. The standard InChI is InChI=1S/C45H47N5O11S/c1-5-47-41(51)35-20-29-38(48-44(46)49-42(29)62-35)24-7-6-8-26(15-24)57-14-11-23-9-12-50(13-10-23)45(53)61-39-28-19-32-31(59-22-60-32)18-27(28)36(37-30(39)21-58-43(37)52)25-16-33(54-2)40(56-4)34(17-25)55-3/h6-8,15-20,23,30,36-37,39H,5,9-14,21-22H2,1-4H3,(H,47,51)(H2,46,48,49). The van der Waals surface area contributed by atoms with Gasteiger partial charge in [-0.15, -0.1) is 11.3 Å². The topological polar surface area (TPSA) is 192 Å². The highest BCUT2D eigenvalue weighted by Gasteiger charge is 2.54. The largest absolute Gasteiger partial charge is 0.494 e. The van der Waals surface area contributed by atoms with Crippen molar-refractivity contribution in [3.8, 4) is 45.8 Å². The summed E-state index contributed by atoms with van der Waals surface area (Å²) in [7, 11) is 4.62. The van der Waals surface area contributed by atoms with Crippen LogP contribution in [0.2, 0.25) is 0 Å². The molecule has 4 unspecified atom stereocenters. The van der Waals surface area contributed by atoms with Crippen LogP contribution in [0.3, 0.4) is 0 Å². The third-order valence-corrected chi connectivity index (χ3v) is 13.2. The number of benzene rings is 3. The summed E-state index contributed by atoms with van der Waals surface area (Å²) in [6, 6.07) is 16.9. The van der Waals surface area contributed by atoms with E-state index >= 15 is 0 Å². The van der Waals surface area contributed by atoms with Crippen LogP contribution in [0.5, 0.6) is 34.5 Å². The fourth-order valence-electron chi connectivity index (χ4n) is 9.13. The third-order valence-electron chi connectivity index (χ3n) is 12.1. The Hall–Kier alpha value is -6.49. The van der Waals surface area contributed by atoms with Crippen LogP contribution in [0.4, 0.5) is 10.7 Å². The molecule has 0 radical (unpaired) electrons. The molecule has 4 aliphatic rings. The number of nitrogens with zero attached hydrogens (tertiary/aromatic N) is 3. The molecule has 1 aliphatic carbocycles. The predicted octanol–water partition coefficient (Wildman–Crippen LogP) is 6.74. The zero-order valence-corrected chi connectivity index (χ0v) is 35.6. The van der Waals surface area contributed by atoms with Crippen molar-refractivity contribution in [2.75, 3.05) is 66.7 Å². The summed E-state index contributed by atoms with van der Waals surface area (Å²) >= 11 is 1.28. The van der Waals surface area contributed by atoms with Crippen LogP contribution < -0.4 is 39.5 Å². The first kappa shape index (κ1) is 40.9. The van der Waals surface area contributed by atoms with E-state index in [0.717, 1.165) is 46.9 Å². The van der Waals surface area contributed by atoms with E-state index in [-0.39, 0.29) is 31.2 Å². The Bertz CT molecular complexity index is 2510. The Balaban J connectivity index is 0.868. The molecule has 17 heteroatoms. The first-order chi connectivity index (χ1) is 30.2. The molecule has 3 N–H and O–H groups in total. The number of rotatable bonds is 12. The second kappa shape index (κ2) is 17.1. The first-order valence-electron chi connectivity index (χ1n) is 20.6. The third kappa shape index (κ3) is 7.58. The van der Waals surface area contributed by atoms with Crippen LogP contribution in [0.15, 0.2) is 54.6 Å². The van der Waals surface area contributed by atoms with Gasteiger partial charge < -0.3 is 53.8 Å². The number of cyclic esters (lactones) is 1. The van der Waals surface area contributed by atoms with Crippen LogP contribution >= 0.6 is 11.3 Å². The number of nitrogens with one attached hydrogen (secondary N) is 1. The number of hydrogen-bond donors (Lipinski definition) is 2. The molecule has 2 fully saturated rings. The molecule has 5 aromatic rings. The number of hydrogen-bond acceptors (Lipinski definition) is 15. The summed E-state index contributed by atoms with van der Waals surface area (Å²) in [5.41, 5.74) is 9.75. The van der Waals surface area contributed by atoms with Gasteiger partial charge in [0, 0.05) is 48.0 Å². The Kier molecular flexibility index (Phi) is 11.3. The molecule has 0 saturated carbocycles. The molecular weight excluding hydrogens is 819 g/mol. The van der Waals surface area contributed by atoms with Crippen molar-refractivity contribution < 1.29 is 52.3 Å². The fraction of sp³-hybridized carbons (Fsp3) is 0.400. The van der Waals surface area contributed by atoms with Crippen molar-refractivity contribution in [3.63, 3.8) is 0 Å². The molecular formula is C45H47N5O11S. The lowest BCUT2D eigenvalue weighted by molar-refractivity contribution is -0.141. The summed E-state index contributed by atoms with van der Waals surface area (Å²) in [6.07, 6.45) is 1.13. The summed E-state index contributed by atoms with van der Waals surface area (Å²) in [4.78, 5) is 52.0. The lowest BCUT2D eigenvalue weighted by Gasteiger charge is -2.40. The smallest absolute Gasteiger partial charge is 0.410 e. The van der Waals surface area contributed by atoms with Gasteiger partial charge in [0.1, 0.15) is 16.7 Å². The molecule has 2 saturated heterocycles. The minimum atomic E-state index is -0.777. The maximum atomic E-state index is 14.0. The van der Waals surface area contributed by atoms with Gasteiger partial charge in [0.05, 0.1) is 51.0 Å². The van der Waals surface area contributed by atoms with Crippen LogP contribution in [0, 0.1) is 17.8 Å². The number of fused-ring (bicyclic) bond motifs is 4. The Morgan fingerprint density at radius 3 is 2.39 bits per heavy atom. The highest BCUT2D eigenvalue weighted by atomic mass is 32.1. The van der Waals surface area contributed by atoms with Crippen LogP contribution in [0.25, 0.3) is 21.5 Å². The van der Waals surface area contributed by atoms with Crippen LogP contribution in [-0.4, -0.2) is 93.8 Å². The van der Waals surface area contributed by atoms with Gasteiger partial charge in [-0.05, 0) is 85.7 Å². The first-order valence-corrected chi connectivity index (χ1v) is 21.4. The molecule has 3 aromatic carbocycles. The molecule has 0 bridgehead atoms. The zero-order valence-electron chi connectivity index (χ0n) is 34.8. The normalized spacial score (nSPS) is 20.3. The van der Waals surface area contributed by atoms with Crippen molar-refractivity contribution >= 4 is 45.5 Å². The number of carbonyl (C=O) groups excluding carboxylic acids is 3. The molecule has 5 heterocycles. The molecule has 0 spiro atoms. The highest BCUT2D eigenvalue weighted by molar-refractivity contribution is 7.20. The Morgan fingerprint density at radius 2 is 1.68 bits per heavy atom. The van der Waals surface area contributed by atoms with E-state index in [1.165, 1.54) is 18.4 Å². The van der Waals surface area contributed by atoms with Crippen LogP contribution in [-0.2, 0) is 14.3 Å². The number of piperidine rings is 1. The number of nitrogen functional groups attached to an aromatic ring is 1. The Morgan fingerprint density at radius 1 is 0.935 bits per heavy atom. The van der Waals surface area contributed by atoms with Gasteiger partial charge in [-0.1, -0.05) is 12.1 Å². The molecule has 4 atom stereocenters. The van der Waals surface area contributed by atoms with Gasteiger partial charge in [0.25, 0.3) is 5.91 Å². The van der Waals surface area contributed by atoms with Crippen molar-refractivity contribution in [3.05, 3.63) is 76.2 Å². The van der Waals surface area contributed by atoms with Gasteiger partial charge in [0.15, 0.2) is 23.0 Å². The van der Waals surface area contributed by atoms with Crippen molar-refractivity contribution in [1.29, 1.82) is 0 Å². The zero-order chi connectivity index (χ0) is 43.1. The average molecular weight is 866 g/mol. The van der Waals surface area contributed by atoms with Gasteiger partial charge in [-0.2, -0.15) is 0 Å². The molecule has 9 rings (SSSR count). The van der Waals surface area contributed by atoms with Crippen molar-refractivity contribution in [1.82, 2.24) is 20.2 Å². The van der Waals surface area contributed by atoms with Gasteiger partial charge in [-0.25, -0.2) is 14.8 Å². The van der Waals surface area contributed by atoms with Crippen molar-refractivity contribution in [2.24, 2.45) is 17.8 Å². The molecule has 16 nitrogen and oxygen atoms in total. The molecule has 324 valence electrons. The predicted molar refractivity (Wildman–Crippen MR) is 227 cm³/mol. The minimum absolute atomic E-state index is 0.0540. The van der Waals surface area contributed by atoms with Gasteiger partial charge in [0.2, 0.25) is 18.5 Å². The van der Waals surface area contributed by atoms with E-state index in [2.05, 4.69) is 15.3 Å². The summed E-state index contributed by atoms with van der Waals surface area (Å²) in [6.45, 7) is 4.05. The number of esters is 1. The lowest BCUT2D eigenvalue weighted by Crippen LogP contribution is -2.42. The van der Waals surface area contributed by atoms with E-state index in [1.807, 2.05) is 55.5 Å². The SMILES string of the molecule is CCNC(=O)c1cc2c(-c3cccc(OCCC4CCN(C(=O)OC5c6cc7c(cc6C(c6cc(OC)c(OC)c(OC)c6)C6C(=O)OCC56)OCO7)CC4)c3)nc(N)nc2s1. The number of aromatic nitrogens is 2. The molecule has 2 aromatic heterocycles. The Labute approximate surface area is 361 Å². The second-order valence-electron chi connectivity index (χ2n) is 15.6. The second-order valence-corrected chi connectivity index (χ2v) is 16.6. The quantitative estimate of drug-likeness (QED) is 0.125. The number of ether oxygens (including phenoxy) is 8. The van der Waals surface area contributed by atoms with Gasteiger partial charge >= 0.3 is 12.1 Å². The van der Waals surface area contributed by atoms with E-state index in [1.54, 1.807) is 25.2 Å². The van der Waals surface area contributed by atoms with E-state index in [4.69, 9.17) is 43.6 Å². The fourth-order valence-corrected chi connectivity index (χ4v) is 10.1. The monoisotopic (exact) mass is 865 g/mol. The van der Waals surface area contributed by atoms with Crippen LogP contribution in [0.1, 0.15) is 64.6 Å². The molecule has 3 aliphatic heterocycles. The number of carbonyl (C=O) groups is 3. The maximum absolute atomic E-state index is 14.0. The lowest BCUT2D eigenvalue weighted by atomic mass is 9.66. The number of methoxy groups -OCH3 is 3. The number of likely N-dealkylation sites (tertiary alicyclic amines) is 1. The number of anilines is 1. The summed E-state index contributed by atoms with van der Waals surface area (Å²) in [5.74, 6) is 1.37. The van der Waals surface area contributed by atoms with E-state index in [9.17, 15) is 14.4 Å². The van der Waals surface area contributed by atoms with Crippen molar-refractivity contribution in [2.45, 2.75) is 38.2 Å². The highest BCUT2D eigenvalue weighted by Crippen LogP contribution is 2.56. The molecule has 62 heavy (non-hydrogen) atoms. The number of thiophene rings is 1. The van der Waals surface area contributed by atoms with E-state index in [0.29, 0.717) is 82.1 Å². The van der Waals surface area contributed by atoms with Gasteiger partial charge in [-0.3, -0.25) is 9.59 Å². The summed E-state index contributed by atoms with van der Waals surface area (Å²) < 4.78 is 46.9. The molecule has 2 amide bonds. The maximum Gasteiger partial charge on any atom is 0.410 e. The number of nitrogens with two attached hydrogens (primary N) is 1. The minimum Gasteiger partial charge on any atom is -0.494 e. The summed E-state index contributed by atoms with van der Waals surface area (Å²) in [5, 5.41) is 3.58. The van der Waals surface area contributed by atoms with E-state index < -0.39 is 30.0 Å².